The molecule has 0 saturated heterocycles. The van der Waals surface area contributed by atoms with Crippen LogP contribution in [-0.4, -0.2) is 45.6 Å². The van der Waals surface area contributed by atoms with E-state index in [4.69, 9.17) is 9.47 Å². The number of carbonyl (C=O) groups is 1. The topological polar surface area (TPSA) is 121 Å². The molecule has 0 bridgehead atoms. The van der Waals surface area contributed by atoms with Crippen molar-refractivity contribution < 1.29 is 19.2 Å². The van der Waals surface area contributed by atoms with Gasteiger partial charge in [-0.05, 0) is 6.42 Å². The van der Waals surface area contributed by atoms with E-state index >= 15 is 0 Å². The van der Waals surface area contributed by atoms with Crippen LogP contribution in [0, 0.1) is 10.1 Å². The van der Waals surface area contributed by atoms with Gasteiger partial charge in [-0.25, -0.2) is 0 Å². The number of anilines is 1. The number of methoxy groups -OCH3 is 2. The van der Waals surface area contributed by atoms with Crippen LogP contribution in [0.4, 0.5) is 11.6 Å². The Morgan fingerprint density at radius 1 is 1.32 bits per heavy atom. The highest BCUT2D eigenvalue weighted by molar-refractivity contribution is 7.99. The number of nitrogens with zero attached hydrogens (tertiary/aromatic N) is 4. The van der Waals surface area contributed by atoms with Crippen molar-refractivity contribution in [1.29, 1.82) is 0 Å². The molecule has 0 saturated carbocycles. The van der Waals surface area contributed by atoms with Crippen LogP contribution in [0.15, 0.2) is 17.3 Å². The second-order valence-electron chi connectivity index (χ2n) is 5.10. The molecule has 2 heterocycles. The van der Waals surface area contributed by atoms with E-state index in [1.54, 1.807) is 16.3 Å². The smallest absolute Gasteiger partial charge is 0.286 e. The molecule has 25 heavy (non-hydrogen) atoms. The van der Waals surface area contributed by atoms with Crippen molar-refractivity contribution >= 4 is 29.3 Å². The lowest BCUT2D eigenvalue weighted by Gasteiger charge is -2.14. The zero-order valence-corrected chi connectivity index (χ0v) is 14.3. The average molecular weight is 365 g/mol. The first kappa shape index (κ1) is 17.0. The molecule has 2 aromatic rings. The summed E-state index contributed by atoms with van der Waals surface area (Å²) in [6, 6.07) is 2.43. The Balaban J connectivity index is 1.96. The van der Waals surface area contributed by atoms with Crippen molar-refractivity contribution in [2.45, 2.75) is 18.1 Å². The number of rotatable bonds is 5. The normalized spacial score (nSPS) is 13.0. The summed E-state index contributed by atoms with van der Waals surface area (Å²) in [6.45, 7) is 0.680. The van der Waals surface area contributed by atoms with Gasteiger partial charge in [0.25, 0.3) is 11.6 Å². The first-order valence-corrected chi connectivity index (χ1v) is 8.31. The highest BCUT2D eigenvalue weighted by Crippen LogP contribution is 2.35. The van der Waals surface area contributed by atoms with E-state index in [9.17, 15) is 14.9 Å². The second kappa shape index (κ2) is 6.97. The Morgan fingerprint density at radius 3 is 2.72 bits per heavy atom. The Morgan fingerprint density at radius 2 is 2.04 bits per heavy atom. The number of nitro benzene ring substituents is 1. The lowest BCUT2D eigenvalue weighted by atomic mass is 10.1. The average Bonchev–Trinajstić information content (AvgIpc) is 3.03. The summed E-state index contributed by atoms with van der Waals surface area (Å²) >= 11 is 1.54. The summed E-state index contributed by atoms with van der Waals surface area (Å²) in [5, 5.41) is 22.6. The predicted molar refractivity (Wildman–Crippen MR) is 89.5 cm³/mol. The van der Waals surface area contributed by atoms with E-state index < -0.39 is 10.8 Å². The third kappa shape index (κ3) is 3.22. The van der Waals surface area contributed by atoms with Gasteiger partial charge in [0.1, 0.15) is 5.56 Å². The summed E-state index contributed by atoms with van der Waals surface area (Å²) in [6.07, 6.45) is 0.926. The molecular formula is C14H15N5O5S. The third-order valence-electron chi connectivity index (χ3n) is 3.64. The van der Waals surface area contributed by atoms with Crippen LogP contribution >= 0.6 is 11.8 Å². The van der Waals surface area contributed by atoms with Crippen LogP contribution in [0.3, 0.4) is 0 Å². The fraction of sp³-hybridized carbons (Fsp3) is 0.357. The van der Waals surface area contributed by atoms with Crippen LogP contribution in [-0.2, 0) is 6.54 Å². The summed E-state index contributed by atoms with van der Waals surface area (Å²) in [5.41, 5.74) is -0.536. The standard InChI is InChI=1S/C14H15N5O5S/c1-23-10-6-8(9(19(21)22)7-11(10)24-2)12(20)15-13-16-17-14-18(13)4-3-5-25-14/h6-7H,3-5H2,1-2H3,(H,15,16,20). The van der Waals surface area contributed by atoms with Gasteiger partial charge in [0.05, 0.1) is 25.2 Å². The van der Waals surface area contributed by atoms with Gasteiger partial charge in [0.15, 0.2) is 16.7 Å². The summed E-state index contributed by atoms with van der Waals surface area (Å²) in [5.74, 6) is 0.918. The van der Waals surface area contributed by atoms with Gasteiger partial charge in [-0.2, -0.15) is 0 Å². The van der Waals surface area contributed by atoms with Crippen molar-refractivity contribution in [3.63, 3.8) is 0 Å². The van der Waals surface area contributed by atoms with E-state index in [0.29, 0.717) is 11.7 Å². The van der Waals surface area contributed by atoms with Crippen LogP contribution in [0.1, 0.15) is 16.8 Å². The number of aromatic nitrogens is 3. The Hall–Kier alpha value is -2.82. The molecule has 0 spiro atoms. The van der Waals surface area contributed by atoms with Gasteiger partial charge < -0.3 is 9.47 Å². The fourth-order valence-electron chi connectivity index (χ4n) is 2.45. The molecule has 1 N–H and O–H groups in total. The molecule has 1 aromatic heterocycles. The molecule has 1 aliphatic heterocycles. The Bertz CT molecular complexity index is 837. The van der Waals surface area contributed by atoms with Crippen molar-refractivity contribution in [3.05, 3.63) is 27.8 Å². The van der Waals surface area contributed by atoms with Gasteiger partial charge >= 0.3 is 0 Å². The maximum Gasteiger partial charge on any atom is 0.286 e. The lowest BCUT2D eigenvalue weighted by molar-refractivity contribution is -0.385. The van der Waals surface area contributed by atoms with Crippen molar-refractivity contribution in [2.24, 2.45) is 0 Å². The number of carbonyl (C=O) groups excluding carboxylic acids is 1. The fourth-order valence-corrected chi connectivity index (χ4v) is 3.33. The predicted octanol–water partition coefficient (Wildman–Crippen LogP) is 1.95. The summed E-state index contributed by atoms with van der Waals surface area (Å²) in [7, 11) is 2.75. The zero-order chi connectivity index (χ0) is 18.0. The number of fused-ring (bicyclic) bond motifs is 1. The SMILES string of the molecule is COc1cc(C(=O)Nc2nnc3n2CCCS3)c([N+](=O)[O-])cc1OC. The Labute approximate surface area is 146 Å². The minimum atomic E-state index is -0.668. The molecule has 0 atom stereocenters. The zero-order valence-electron chi connectivity index (χ0n) is 13.5. The van der Waals surface area contributed by atoms with E-state index in [2.05, 4.69) is 15.5 Å². The number of hydrogen-bond donors (Lipinski definition) is 1. The van der Waals surface area contributed by atoms with Gasteiger partial charge in [-0.1, -0.05) is 11.8 Å². The molecular weight excluding hydrogens is 350 g/mol. The minimum Gasteiger partial charge on any atom is -0.493 e. The quantitative estimate of drug-likeness (QED) is 0.630. The van der Waals surface area contributed by atoms with Gasteiger partial charge in [-0.15, -0.1) is 10.2 Å². The van der Waals surface area contributed by atoms with E-state index in [1.165, 1.54) is 20.3 Å². The third-order valence-corrected chi connectivity index (χ3v) is 4.70. The molecule has 3 rings (SSSR count). The molecule has 0 radical (unpaired) electrons. The van der Waals surface area contributed by atoms with Gasteiger partial charge in [-0.3, -0.25) is 24.8 Å². The van der Waals surface area contributed by atoms with Crippen molar-refractivity contribution in [3.8, 4) is 11.5 Å². The molecule has 11 heteroatoms. The van der Waals surface area contributed by atoms with Gasteiger partial charge in [0.2, 0.25) is 5.95 Å². The minimum absolute atomic E-state index is 0.150. The highest BCUT2D eigenvalue weighted by Gasteiger charge is 2.26. The molecule has 0 aliphatic carbocycles. The van der Waals surface area contributed by atoms with Crippen LogP contribution < -0.4 is 14.8 Å². The molecule has 1 aromatic carbocycles. The molecule has 0 fully saturated rings. The van der Waals surface area contributed by atoms with Crippen molar-refractivity contribution in [1.82, 2.24) is 14.8 Å². The molecule has 1 amide bonds. The van der Waals surface area contributed by atoms with Crippen LogP contribution in [0.25, 0.3) is 0 Å². The number of thioether (sulfide) groups is 1. The number of amides is 1. The maximum atomic E-state index is 12.6. The van der Waals surface area contributed by atoms with Crippen LogP contribution in [0.5, 0.6) is 11.5 Å². The molecule has 1 aliphatic rings. The van der Waals surface area contributed by atoms with Gasteiger partial charge in [0, 0.05) is 18.4 Å². The largest absolute Gasteiger partial charge is 0.493 e. The lowest BCUT2D eigenvalue weighted by Crippen LogP contribution is -2.19. The number of nitro groups is 1. The molecule has 10 nitrogen and oxygen atoms in total. The summed E-state index contributed by atoms with van der Waals surface area (Å²) in [4.78, 5) is 23.3. The maximum absolute atomic E-state index is 12.6. The number of benzene rings is 1. The monoisotopic (exact) mass is 365 g/mol. The summed E-state index contributed by atoms with van der Waals surface area (Å²) < 4.78 is 12.0. The van der Waals surface area contributed by atoms with Crippen molar-refractivity contribution in [2.75, 3.05) is 25.3 Å². The van der Waals surface area contributed by atoms with Crippen LogP contribution in [0.2, 0.25) is 0 Å². The number of hydrogen-bond acceptors (Lipinski definition) is 8. The van der Waals surface area contributed by atoms with E-state index in [1.807, 2.05) is 0 Å². The highest BCUT2D eigenvalue weighted by atomic mass is 32.2. The number of nitrogens with one attached hydrogen (secondary N) is 1. The Kier molecular flexibility index (Phi) is 4.74. The molecule has 0 unspecified atom stereocenters. The second-order valence-corrected chi connectivity index (χ2v) is 6.16. The van der Waals surface area contributed by atoms with E-state index in [0.717, 1.165) is 18.2 Å². The first-order valence-electron chi connectivity index (χ1n) is 7.33. The molecule has 132 valence electrons. The number of ether oxygens (including phenoxy) is 2. The van der Waals surface area contributed by atoms with E-state index in [-0.39, 0.29) is 28.7 Å². The first-order chi connectivity index (χ1) is 12.0.